The average molecular weight is 484 g/mol. The lowest BCUT2D eigenvalue weighted by Crippen LogP contribution is -2.67. The van der Waals surface area contributed by atoms with Gasteiger partial charge in [-0.2, -0.15) is 0 Å². The van der Waals surface area contributed by atoms with Crippen molar-refractivity contribution in [3.63, 3.8) is 0 Å². The van der Waals surface area contributed by atoms with Crippen LogP contribution < -0.4 is 0 Å². The summed E-state index contributed by atoms with van der Waals surface area (Å²) in [5.41, 5.74) is 0. The van der Waals surface area contributed by atoms with Crippen molar-refractivity contribution < 1.29 is 20.4 Å². The van der Waals surface area contributed by atoms with Crippen LogP contribution in [0.25, 0.3) is 0 Å². The molecule has 5 heteroatoms. The van der Waals surface area contributed by atoms with Crippen LogP contribution in [0.1, 0.15) is 128 Å². The van der Waals surface area contributed by atoms with Gasteiger partial charge in [-0.1, -0.05) is 25.7 Å². The second kappa shape index (κ2) is 10.7. The highest BCUT2D eigenvalue weighted by atomic mass is 31.2. The Balaban J connectivity index is 2.09. The second-order valence-corrected chi connectivity index (χ2v) is 17.6. The van der Waals surface area contributed by atoms with E-state index < -0.39 is 7.26 Å². The number of hydrogen-bond donors (Lipinski definition) is 4. The summed E-state index contributed by atoms with van der Waals surface area (Å²) in [6.07, 6.45) is 22.3. The van der Waals surface area contributed by atoms with Crippen LogP contribution in [0.4, 0.5) is 0 Å². The summed E-state index contributed by atoms with van der Waals surface area (Å²) < 4.78 is 0. The third-order valence-electron chi connectivity index (χ3n) is 11.2. The molecule has 4 rings (SSSR count). The lowest BCUT2D eigenvalue weighted by atomic mass is 9.85. The number of hydrogen-bond acceptors (Lipinski definition) is 4. The number of aliphatic hydroxyl groups excluding tert-OH is 4. The van der Waals surface area contributed by atoms with Crippen molar-refractivity contribution in [3.05, 3.63) is 0 Å². The van der Waals surface area contributed by atoms with Gasteiger partial charge in [-0.05, 0) is 103 Å². The Morgan fingerprint density at radius 1 is 0.333 bits per heavy atom. The van der Waals surface area contributed by atoms with Crippen LogP contribution in [0, 0.1) is 0 Å². The Bertz CT molecular complexity index is 502. The molecular weight excluding hydrogens is 431 g/mol. The summed E-state index contributed by atoms with van der Waals surface area (Å²) in [5.74, 6) is 0. The molecule has 0 bridgehead atoms. The minimum absolute atomic E-state index is 0.187. The molecule has 0 aromatic carbocycles. The molecule has 0 aromatic rings. The van der Waals surface area contributed by atoms with Gasteiger partial charge in [0.15, 0.2) is 0 Å². The number of aliphatic hydroxyl groups is 4. The highest BCUT2D eigenvalue weighted by molar-refractivity contribution is 7.81. The molecule has 0 spiro atoms. The van der Waals surface area contributed by atoms with Crippen LogP contribution >= 0.6 is 7.26 Å². The van der Waals surface area contributed by atoms with E-state index in [4.69, 9.17) is 0 Å². The van der Waals surface area contributed by atoms with E-state index in [1.54, 1.807) is 0 Å². The summed E-state index contributed by atoms with van der Waals surface area (Å²) in [6.45, 7) is 0.746. The molecule has 0 aliphatic heterocycles. The van der Waals surface area contributed by atoms with Crippen molar-refractivity contribution in [2.24, 2.45) is 0 Å². The van der Waals surface area contributed by atoms with E-state index in [9.17, 15) is 20.4 Å². The Morgan fingerprint density at radius 2 is 0.515 bits per heavy atom. The highest BCUT2D eigenvalue weighted by Gasteiger charge is 2.83. The van der Waals surface area contributed by atoms with Gasteiger partial charge >= 0.3 is 0 Å². The Labute approximate surface area is 203 Å². The molecule has 4 N–H and O–H groups in total. The lowest BCUT2D eigenvalue weighted by Gasteiger charge is -2.70. The van der Waals surface area contributed by atoms with Gasteiger partial charge in [-0.3, -0.25) is 0 Å². The second-order valence-electron chi connectivity index (χ2n) is 12.4. The molecule has 0 atom stereocenters. The third kappa shape index (κ3) is 3.79. The summed E-state index contributed by atoms with van der Waals surface area (Å²) in [6, 6.07) is 0. The quantitative estimate of drug-likeness (QED) is 0.330. The normalized spacial score (nSPS) is 29.5. The molecule has 4 nitrogen and oxygen atoms in total. The predicted molar refractivity (Wildman–Crippen MR) is 139 cm³/mol. The van der Waals surface area contributed by atoms with Gasteiger partial charge in [-0.25, -0.2) is 0 Å². The van der Waals surface area contributed by atoms with Crippen LogP contribution in [0.2, 0.25) is 0 Å². The van der Waals surface area contributed by atoms with Crippen LogP contribution in [0.5, 0.6) is 0 Å². The SMILES string of the molecule is OCC1([P+](C2(CO)CCCCC2)(C2(CO)CCCCC2)C2(CO)CCCCC2)CCCCC1. The molecule has 0 heterocycles. The summed E-state index contributed by atoms with van der Waals surface area (Å²) in [4.78, 5) is 0. The van der Waals surface area contributed by atoms with E-state index in [0.29, 0.717) is 0 Å². The first-order valence-electron chi connectivity index (χ1n) is 14.4. The van der Waals surface area contributed by atoms with E-state index in [1.165, 1.54) is 25.7 Å². The molecule has 4 aliphatic rings. The maximum Gasteiger partial charge on any atom is 0.105 e. The van der Waals surface area contributed by atoms with Crippen LogP contribution in [0.15, 0.2) is 0 Å². The maximum absolute atomic E-state index is 11.5. The van der Waals surface area contributed by atoms with E-state index in [0.717, 1.165) is 103 Å². The lowest BCUT2D eigenvalue weighted by molar-refractivity contribution is 0.132. The van der Waals surface area contributed by atoms with Crippen molar-refractivity contribution in [1.82, 2.24) is 0 Å². The summed E-state index contributed by atoms with van der Waals surface area (Å²) >= 11 is 0. The van der Waals surface area contributed by atoms with Crippen molar-refractivity contribution >= 4 is 7.26 Å². The fourth-order valence-corrected chi connectivity index (χ4v) is 21.1. The van der Waals surface area contributed by atoms with Gasteiger partial charge in [0.05, 0.1) is 26.4 Å². The molecule has 0 unspecified atom stereocenters. The fourth-order valence-electron chi connectivity index (χ4n) is 10.3. The molecule has 4 aliphatic carbocycles. The van der Waals surface area contributed by atoms with E-state index in [2.05, 4.69) is 0 Å². The topological polar surface area (TPSA) is 80.9 Å². The van der Waals surface area contributed by atoms with Crippen LogP contribution in [-0.2, 0) is 0 Å². The van der Waals surface area contributed by atoms with E-state index >= 15 is 0 Å². The van der Waals surface area contributed by atoms with Gasteiger partial charge in [0.25, 0.3) is 0 Å². The zero-order valence-electron chi connectivity index (χ0n) is 21.2. The first kappa shape index (κ1) is 26.3. The van der Waals surface area contributed by atoms with E-state index in [-0.39, 0.29) is 47.1 Å². The minimum atomic E-state index is -2.32. The molecule has 4 saturated carbocycles. The molecule has 0 aromatic heterocycles. The third-order valence-corrected chi connectivity index (χ3v) is 19.2. The molecule has 4 fully saturated rings. The molecule has 33 heavy (non-hydrogen) atoms. The Hall–Kier alpha value is 0.270. The van der Waals surface area contributed by atoms with E-state index in [1.807, 2.05) is 0 Å². The van der Waals surface area contributed by atoms with Gasteiger partial charge < -0.3 is 20.4 Å². The largest absolute Gasteiger partial charge is 0.392 e. The van der Waals surface area contributed by atoms with Crippen molar-refractivity contribution in [2.45, 2.75) is 149 Å². The summed E-state index contributed by atoms with van der Waals surface area (Å²) in [5, 5.41) is 45.1. The van der Waals surface area contributed by atoms with Crippen LogP contribution in [0.3, 0.4) is 0 Å². The minimum Gasteiger partial charge on any atom is -0.392 e. The molecule has 192 valence electrons. The zero-order chi connectivity index (χ0) is 23.5. The monoisotopic (exact) mass is 483 g/mol. The zero-order valence-corrected chi connectivity index (χ0v) is 22.1. The van der Waals surface area contributed by atoms with Crippen molar-refractivity contribution in [3.8, 4) is 0 Å². The first-order valence-corrected chi connectivity index (χ1v) is 16.2. The summed E-state index contributed by atoms with van der Waals surface area (Å²) in [7, 11) is -2.32. The highest BCUT2D eigenvalue weighted by Crippen LogP contribution is 2.95. The molecule has 0 saturated heterocycles. The Kier molecular flexibility index (Phi) is 8.55. The smallest absolute Gasteiger partial charge is 0.105 e. The first-order chi connectivity index (χ1) is 16.1. The molecular formula is C28H52O4P+. The Morgan fingerprint density at radius 3 is 0.667 bits per heavy atom. The molecule has 0 amide bonds. The van der Waals surface area contributed by atoms with Gasteiger partial charge in [-0.15, -0.1) is 0 Å². The standard InChI is InChI=1S/C28H52O4P/c29-21-25(13-5-1-6-14-25)33(26(22-30)15-7-2-8-16-26,27(23-31)17-9-3-10-18-27)28(24-32)19-11-4-12-20-28/h29-32H,1-24H2/q+1. The van der Waals surface area contributed by atoms with Gasteiger partial charge in [0.2, 0.25) is 0 Å². The molecule has 0 radical (unpaired) electrons. The maximum atomic E-state index is 11.5. The number of rotatable bonds is 8. The van der Waals surface area contributed by atoms with Crippen LogP contribution in [-0.4, -0.2) is 67.5 Å². The van der Waals surface area contributed by atoms with Crippen molar-refractivity contribution in [2.75, 3.05) is 26.4 Å². The van der Waals surface area contributed by atoms with Gasteiger partial charge in [0, 0.05) is 7.26 Å². The average Bonchev–Trinajstić information content (AvgIpc) is 2.91. The van der Waals surface area contributed by atoms with Crippen molar-refractivity contribution in [1.29, 1.82) is 0 Å². The van der Waals surface area contributed by atoms with Gasteiger partial charge in [0.1, 0.15) is 20.6 Å². The predicted octanol–water partition coefficient (Wildman–Crippen LogP) is 5.78. The fraction of sp³-hybridized carbons (Fsp3) is 1.00.